The van der Waals surface area contributed by atoms with Gasteiger partial charge in [-0.25, -0.2) is 9.97 Å². The average Bonchev–Trinajstić information content (AvgIpc) is 3.59. The summed E-state index contributed by atoms with van der Waals surface area (Å²) in [7, 11) is 0. The Balaban J connectivity index is 1.32. The largest absolute Gasteiger partial charge is 0.306 e. The molecule has 5 rings (SSSR count). The van der Waals surface area contributed by atoms with Crippen LogP contribution in [0.1, 0.15) is 34.7 Å². The number of nitrogens with zero attached hydrogens (tertiary/aromatic N) is 3. The zero-order valence-corrected chi connectivity index (χ0v) is 15.2. The van der Waals surface area contributed by atoms with Crippen LogP contribution in [-0.2, 0) is 0 Å². The lowest BCUT2D eigenvalue weighted by atomic mass is 10.1. The Kier molecular flexibility index (Phi) is 4.05. The van der Waals surface area contributed by atoms with Gasteiger partial charge < -0.3 is 5.32 Å². The Morgan fingerprint density at radius 3 is 2.54 bits per heavy atom. The summed E-state index contributed by atoms with van der Waals surface area (Å²) in [6.07, 6.45) is 5.87. The van der Waals surface area contributed by atoms with Crippen LogP contribution in [0.3, 0.4) is 0 Å². The number of pyridine rings is 3. The normalized spacial score (nSPS) is 13.4. The molecule has 1 amide bonds. The molecule has 0 saturated heterocycles. The van der Waals surface area contributed by atoms with Crippen LogP contribution in [0.5, 0.6) is 0 Å². The lowest BCUT2D eigenvalue weighted by Gasteiger charge is -2.07. The van der Waals surface area contributed by atoms with Crippen molar-refractivity contribution in [1.82, 2.24) is 15.0 Å². The minimum atomic E-state index is -0.245. The van der Waals surface area contributed by atoms with Crippen LogP contribution < -0.4 is 5.32 Å². The third kappa shape index (κ3) is 3.34. The summed E-state index contributed by atoms with van der Waals surface area (Å²) in [4.78, 5) is 25.6. The lowest BCUT2D eigenvalue weighted by Crippen LogP contribution is -2.13. The van der Waals surface area contributed by atoms with Gasteiger partial charge in [0, 0.05) is 23.3 Å². The van der Waals surface area contributed by atoms with Gasteiger partial charge >= 0.3 is 0 Å². The fourth-order valence-electron chi connectivity index (χ4n) is 3.25. The Morgan fingerprint density at radius 2 is 1.79 bits per heavy atom. The third-order valence-electron chi connectivity index (χ3n) is 4.99. The number of anilines is 1. The highest BCUT2D eigenvalue weighted by molar-refractivity contribution is 6.04. The molecule has 1 aromatic carbocycles. The molecule has 4 aromatic rings. The summed E-state index contributed by atoms with van der Waals surface area (Å²) in [6, 6.07) is 19.6. The molecule has 1 fully saturated rings. The maximum Gasteiger partial charge on any atom is 0.258 e. The molecule has 0 unspecified atom stereocenters. The van der Waals surface area contributed by atoms with Gasteiger partial charge in [0.15, 0.2) is 5.65 Å². The molecule has 1 aliphatic carbocycles. The van der Waals surface area contributed by atoms with Gasteiger partial charge in [-0.2, -0.15) is 0 Å². The van der Waals surface area contributed by atoms with Crippen molar-refractivity contribution in [2.45, 2.75) is 18.8 Å². The quantitative estimate of drug-likeness (QED) is 0.562. The van der Waals surface area contributed by atoms with Crippen molar-refractivity contribution in [3.8, 4) is 11.3 Å². The first-order valence-corrected chi connectivity index (χ1v) is 9.36. The number of amides is 1. The van der Waals surface area contributed by atoms with Gasteiger partial charge in [-0.15, -0.1) is 0 Å². The van der Waals surface area contributed by atoms with E-state index in [9.17, 15) is 4.79 Å². The number of nitrogens with one attached hydrogen (secondary N) is 1. The van der Waals surface area contributed by atoms with Gasteiger partial charge in [0.25, 0.3) is 5.91 Å². The number of hydrogen-bond donors (Lipinski definition) is 1. The van der Waals surface area contributed by atoms with E-state index in [1.807, 2.05) is 24.3 Å². The summed E-state index contributed by atoms with van der Waals surface area (Å²) in [5.74, 6) is 0.967. The Bertz CT molecular complexity index is 1150. The lowest BCUT2D eigenvalue weighted by molar-refractivity contribution is 0.102. The van der Waals surface area contributed by atoms with Crippen LogP contribution in [0.25, 0.3) is 22.3 Å². The van der Waals surface area contributed by atoms with Crippen LogP contribution in [0, 0.1) is 0 Å². The predicted octanol–water partition coefficient (Wildman–Crippen LogP) is 4.82. The molecule has 136 valence electrons. The summed E-state index contributed by atoms with van der Waals surface area (Å²) in [5, 5.41) is 3.74. The average molecular weight is 366 g/mol. The van der Waals surface area contributed by atoms with E-state index in [1.54, 1.807) is 24.5 Å². The first kappa shape index (κ1) is 16.6. The molecule has 5 nitrogen and oxygen atoms in total. The summed E-state index contributed by atoms with van der Waals surface area (Å²) in [6.45, 7) is 0. The molecule has 28 heavy (non-hydrogen) atoms. The summed E-state index contributed by atoms with van der Waals surface area (Å²) < 4.78 is 0. The number of benzene rings is 1. The van der Waals surface area contributed by atoms with Crippen LogP contribution in [-0.4, -0.2) is 20.9 Å². The fraction of sp³-hybridized carbons (Fsp3) is 0.130. The molecular formula is C23H18N4O. The van der Waals surface area contributed by atoms with E-state index in [-0.39, 0.29) is 5.91 Å². The van der Waals surface area contributed by atoms with Crippen LogP contribution >= 0.6 is 0 Å². The Morgan fingerprint density at radius 1 is 0.929 bits per heavy atom. The van der Waals surface area contributed by atoms with Crippen molar-refractivity contribution in [2.75, 3.05) is 5.32 Å². The molecule has 5 heteroatoms. The fourth-order valence-corrected chi connectivity index (χ4v) is 3.25. The van der Waals surface area contributed by atoms with Crippen molar-refractivity contribution in [3.63, 3.8) is 0 Å². The van der Waals surface area contributed by atoms with Gasteiger partial charge in [-0.1, -0.05) is 24.3 Å². The molecule has 1 N–H and O–H groups in total. The maximum atomic E-state index is 12.5. The predicted molar refractivity (Wildman–Crippen MR) is 109 cm³/mol. The van der Waals surface area contributed by atoms with E-state index >= 15 is 0 Å². The van der Waals surface area contributed by atoms with Crippen LogP contribution in [0.15, 0.2) is 73.1 Å². The molecule has 3 aromatic heterocycles. The molecule has 0 aliphatic heterocycles. The second kappa shape index (κ2) is 6.85. The van der Waals surface area contributed by atoms with Gasteiger partial charge in [-0.3, -0.25) is 9.78 Å². The number of hydrogen-bond acceptors (Lipinski definition) is 4. The molecule has 1 saturated carbocycles. The number of rotatable bonds is 4. The van der Waals surface area contributed by atoms with Crippen molar-refractivity contribution in [2.24, 2.45) is 0 Å². The highest BCUT2D eigenvalue weighted by Crippen LogP contribution is 2.40. The highest BCUT2D eigenvalue weighted by atomic mass is 16.1. The third-order valence-corrected chi connectivity index (χ3v) is 4.99. The second-order valence-corrected chi connectivity index (χ2v) is 7.03. The number of aromatic nitrogens is 3. The van der Waals surface area contributed by atoms with E-state index in [4.69, 9.17) is 0 Å². The number of carbonyl (C=O) groups is 1. The van der Waals surface area contributed by atoms with Crippen molar-refractivity contribution >= 4 is 22.8 Å². The SMILES string of the molecule is O=C(Nc1ccc2cccnc2n1)c1ccc(-c2ccc(C3CC3)cc2)nc1. The molecule has 0 atom stereocenters. The van der Waals surface area contributed by atoms with E-state index < -0.39 is 0 Å². The maximum absolute atomic E-state index is 12.5. The smallest absolute Gasteiger partial charge is 0.258 e. The first-order valence-electron chi connectivity index (χ1n) is 9.36. The number of fused-ring (bicyclic) bond motifs is 1. The van der Waals surface area contributed by atoms with E-state index in [1.165, 1.54) is 18.4 Å². The zero-order valence-electron chi connectivity index (χ0n) is 15.2. The molecule has 3 heterocycles. The molecule has 1 aliphatic rings. The molecule has 0 radical (unpaired) electrons. The minimum absolute atomic E-state index is 0.245. The molecular weight excluding hydrogens is 348 g/mol. The molecule has 0 spiro atoms. The second-order valence-electron chi connectivity index (χ2n) is 7.03. The number of carbonyl (C=O) groups excluding carboxylic acids is 1. The van der Waals surface area contributed by atoms with E-state index in [0.717, 1.165) is 22.6 Å². The van der Waals surface area contributed by atoms with E-state index in [0.29, 0.717) is 17.0 Å². The topological polar surface area (TPSA) is 67.8 Å². The Labute approximate surface area is 162 Å². The van der Waals surface area contributed by atoms with Gasteiger partial charge in [0.05, 0.1) is 11.3 Å². The van der Waals surface area contributed by atoms with Crippen molar-refractivity contribution in [3.05, 3.63) is 84.2 Å². The highest BCUT2D eigenvalue weighted by Gasteiger charge is 2.23. The monoisotopic (exact) mass is 366 g/mol. The standard InChI is InChI=1S/C23H18N4O/c28-23(27-21-12-10-18-2-1-13-24-22(18)26-21)19-9-11-20(25-14-19)17-7-5-16(6-8-17)15-3-4-15/h1-2,5-15H,3-4H2,(H,24,26,27,28). The van der Waals surface area contributed by atoms with Crippen molar-refractivity contribution < 1.29 is 4.79 Å². The zero-order chi connectivity index (χ0) is 18.9. The van der Waals surface area contributed by atoms with Gasteiger partial charge in [-0.05, 0) is 60.7 Å². The van der Waals surface area contributed by atoms with Crippen molar-refractivity contribution in [1.29, 1.82) is 0 Å². The summed E-state index contributed by atoms with van der Waals surface area (Å²) >= 11 is 0. The summed E-state index contributed by atoms with van der Waals surface area (Å²) in [5.41, 5.74) is 4.40. The van der Waals surface area contributed by atoms with Gasteiger partial charge in [0.1, 0.15) is 5.82 Å². The van der Waals surface area contributed by atoms with Gasteiger partial charge in [0.2, 0.25) is 0 Å². The minimum Gasteiger partial charge on any atom is -0.306 e. The molecule has 0 bridgehead atoms. The first-order chi connectivity index (χ1) is 13.8. The Hall–Kier alpha value is -3.60. The van der Waals surface area contributed by atoms with E-state index in [2.05, 4.69) is 44.5 Å². The van der Waals surface area contributed by atoms with Crippen LogP contribution in [0.2, 0.25) is 0 Å². The van der Waals surface area contributed by atoms with Crippen LogP contribution in [0.4, 0.5) is 5.82 Å².